The van der Waals surface area contributed by atoms with Gasteiger partial charge < -0.3 is 14.9 Å². The second-order valence-electron chi connectivity index (χ2n) is 12.3. The maximum absolute atomic E-state index is 6.60. The van der Waals surface area contributed by atoms with Crippen LogP contribution in [-0.2, 0) is 5.41 Å². The number of nitrogens with zero attached hydrogens (tertiary/aromatic N) is 3. The second kappa shape index (κ2) is 7.15. The smallest absolute Gasteiger partial charge is 0.201 e. The maximum atomic E-state index is 6.60. The van der Waals surface area contributed by atoms with Crippen LogP contribution in [-0.4, -0.2) is 14.1 Å². The highest BCUT2D eigenvalue weighted by atomic mass is 15.2. The molecule has 5 aromatic rings. The minimum Gasteiger partial charge on any atom is -0.369 e. The molecule has 4 nitrogen and oxygen atoms in total. The van der Waals surface area contributed by atoms with Gasteiger partial charge in [-0.15, -0.1) is 0 Å². The van der Waals surface area contributed by atoms with E-state index in [1.165, 1.54) is 71.6 Å². The van der Waals surface area contributed by atoms with Gasteiger partial charge in [0, 0.05) is 16.8 Å². The molecule has 0 amide bonds. The van der Waals surface area contributed by atoms with Crippen molar-refractivity contribution in [2.75, 3.05) is 5.73 Å². The van der Waals surface area contributed by atoms with Gasteiger partial charge in [-0.05, 0) is 99.3 Å². The molecule has 36 heavy (non-hydrogen) atoms. The highest BCUT2D eigenvalue weighted by Crippen LogP contribution is 2.62. The third kappa shape index (κ3) is 2.68. The van der Waals surface area contributed by atoms with Gasteiger partial charge in [-0.3, -0.25) is 0 Å². The molecule has 4 fully saturated rings. The summed E-state index contributed by atoms with van der Waals surface area (Å²) >= 11 is 0. The van der Waals surface area contributed by atoms with Gasteiger partial charge >= 0.3 is 0 Å². The number of imidazole rings is 1. The fourth-order valence-corrected chi connectivity index (χ4v) is 8.97. The second-order valence-corrected chi connectivity index (χ2v) is 12.3. The number of nitrogens with two attached hydrogens (primary N) is 1. The summed E-state index contributed by atoms with van der Waals surface area (Å²) in [4.78, 5) is 5.11. The van der Waals surface area contributed by atoms with E-state index < -0.39 is 0 Å². The Labute approximate surface area is 212 Å². The van der Waals surface area contributed by atoms with Crippen molar-refractivity contribution in [3.63, 3.8) is 0 Å². The first-order chi connectivity index (χ1) is 17.5. The van der Waals surface area contributed by atoms with Crippen molar-refractivity contribution in [2.24, 2.45) is 17.8 Å². The summed E-state index contributed by atoms with van der Waals surface area (Å²) in [5, 5.41) is 2.61. The van der Waals surface area contributed by atoms with E-state index >= 15 is 0 Å². The fraction of sp³-hybridized carbons (Fsp3) is 0.406. The van der Waals surface area contributed by atoms with Crippen LogP contribution >= 0.6 is 0 Å². The number of anilines is 1. The van der Waals surface area contributed by atoms with Crippen LogP contribution in [0.4, 0.5) is 5.95 Å². The Morgan fingerprint density at radius 3 is 1.89 bits per heavy atom. The molecule has 0 unspecified atom stereocenters. The van der Waals surface area contributed by atoms with Gasteiger partial charge in [0.2, 0.25) is 5.95 Å². The van der Waals surface area contributed by atoms with E-state index in [2.05, 4.69) is 83.6 Å². The molecule has 9 rings (SSSR count). The number of fused-ring (bicyclic) bond motifs is 4. The number of benzene rings is 3. The zero-order chi connectivity index (χ0) is 24.2. The average molecular weight is 475 g/mol. The fourth-order valence-electron chi connectivity index (χ4n) is 8.97. The lowest BCUT2D eigenvalue weighted by molar-refractivity contribution is -0.00510. The summed E-state index contributed by atoms with van der Waals surface area (Å²) in [5.74, 6) is 3.27. The average Bonchev–Trinajstić information content (AvgIpc) is 3.37. The van der Waals surface area contributed by atoms with Gasteiger partial charge in [0.15, 0.2) is 0 Å². The van der Waals surface area contributed by atoms with E-state index in [9.17, 15) is 0 Å². The van der Waals surface area contributed by atoms with Crippen LogP contribution in [0.2, 0.25) is 0 Å². The van der Waals surface area contributed by atoms with Crippen molar-refractivity contribution in [3.05, 3.63) is 66.2 Å². The van der Waals surface area contributed by atoms with E-state index in [0.717, 1.165) is 28.8 Å². The standard InChI is InChI=1S/C32H34N4/c1-19(2)35-28-12-11-25(32-16-20-13-21(17-32)15-22(14-20)18-32)30(29(28)34-31(35)33)36-26-9-5-3-7-23(26)24-8-4-6-10-27(24)36/h3-12,19-22H,13-18H2,1-2H3,(H2,33,34). The normalized spacial score (nSPS) is 27.2. The Bertz CT molecular complexity index is 1580. The number of rotatable bonds is 3. The van der Waals surface area contributed by atoms with Crippen LogP contribution < -0.4 is 5.73 Å². The molecule has 2 heterocycles. The molecule has 4 bridgehead atoms. The number of para-hydroxylation sites is 2. The van der Waals surface area contributed by atoms with Crippen molar-refractivity contribution < 1.29 is 0 Å². The van der Waals surface area contributed by atoms with Gasteiger partial charge in [0.05, 0.1) is 22.2 Å². The van der Waals surface area contributed by atoms with Crippen molar-refractivity contribution in [1.29, 1.82) is 0 Å². The summed E-state index contributed by atoms with van der Waals surface area (Å²) in [7, 11) is 0. The van der Waals surface area contributed by atoms with Crippen molar-refractivity contribution in [3.8, 4) is 5.69 Å². The first kappa shape index (κ1) is 20.9. The lowest BCUT2D eigenvalue weighted by Gasteiger charge is -2.57. The molecule has 3 aromatic carbocycles. The highest BCUT2D eigenvalue weighted by molar-refractivity contribution is 6.10. The molecule has 0 saturated heterocycles. The topological polar surface area (TPSA) is 48.8 Å². The largest absolute Gasteiger partial charge is 0.369 e. The Morgan fingerprint density at radius 1 is 0.778 bits per heavy atom. The van der Waals surface area contributed by atoms with Crippen molar-refractivity contribution in [2.45, 2.75) is 63.8 Å². The van der Waals surface area contributed by atoms with Crippen molar-refractivity contribution in [1.82, 2.24) is 14.1 Å². The van der Waals surface area contributed by atoms with Gasteiger partial charge in [0.25, 0.3) is 0 Å². The molecule has 182 valence electrons. The summed E-state index contributed by atoms with van der Waals surface area (Å²) in [6, 6.07) is 22.8. The quantitative estimate of drug-likeness (QED) is 0.290. The highest BCUT2D eigenvalue weighted by Gasteiger charge is 2.52. The molecule has 2 aromatic heterocycles. The minimum absolute atomic E-state index is 0.251. The summed E-state index contributed by atoms with van der Waals surface area (Å²) < 4.78 is 4.73. The molecule has 0 radical (unpaired) electrons. The number of hydrogen-bond acceptors (Lipinski definition) is 2. The number of nitrogen functional groups attached to an aromatic ring is 1. The molecular weight excluding hydrogens is 440 g/mol. The van der Waals surface area contributed by atoms with Crippen LogP contribution in [0, 0.1) is 17.8 Å². The summed E-state index contributed by atoms with van der Waals surface area (Å²) in [5.41, 5.74) is 14.4. The van der Waals surface area contributed by atoms with E-state index in [-0.39, 0.29) is 11.5 Å². The first-order valence-electron chi connectivity index (χ1n) is 13.8. The molecule has 4 aliphatic rings. The predicted molar refractivity (Wildman–Crippen MR) is 149 cm³/mol. The molecule has 0 atom stereocenters. The van der Waals surface area contributed by atoms with Crippen LogP contribution in [0.3, 0.4) is 0 Å². The molecular formula is C32H34N4. The first-order valence-corrected chi connectivity index (χ1v) is 13.8. The molecule has 4 heteroatoms. The van der Waals surface area contributed by atoms with E-state index in [0.29, 0.717) is 5.95 Å². The molecule has 0 spiro atoms. The van der Waals surface area contributed by atoms with E-state index in [4.69, 9.17) is 10.7 Å². The van der Waals surface area contributed by atoms with Crippen LogP contribution in [0.15, 0.2) is 60.7 Å². The zero-order valence-corrected chi connectivity index (χ0v) is 21.2. The molecule has 4 aliphatic carbocycles. The Morgan fingerprint density at radius 2 is 1.33 bits per heavy atom. The van der Waals surface area contributed by atoms with Crippen molar-refractivity contribution >= 4 is 38.8 Å². The van der Waals surface area contributed by atoms with Crippen LogP contribution in [0.5, 0.6) is 0 Å². The van der Waals surface area contributed by atoms with E-state index in [1.54, 1.807) is 0 Å². The SMILES string of the molecule is CC(C)n1c(N)nc2c(-n3c4ccccc4c4ccccc43)c(C34CC5CC(CC(C5)C3)C4)ccc21. The van der Waals surface area contributed by atoms with Crippen LogP contribution in [0.25, 0.3) is 38.5 Å². The lowest BCUT2D eigenvalue weighted by atomic mass is 9.48. The van der Waals surface area contributed by atoms with E-state index in [1.807, 2.05) is 0 Å². The Kier molecular flexibility index (Phi) is 4.15. The maximum Gasteiger partial charge on any atom is 0.201 e. The summed E-state index contributed by atoms with van der Waals surface area (Å²) in [6.07, 6.45) is 8.32. The van der Waals surface area contributed by atoms with Gasteiger partial charge in [-0.25, -0.2) is 4.98 Å². The molecule has 4 saturated carbocycles. The number of aromatic nitrogens is 3. The Hall–Kier alpha value is -3.27. The van der Waals surface area contributed by atoms with Gasteiger partial charge in [-0.2, -0.15) is 0 Å². The third-order valence-electron chi connectivity index (χ3n) is 9.79. The van der Waals surface area contributed by atoms with Gasteiger partial charge in [-0.1, -0.05) is 42.5 Å². The van der Waals surface area contributed by atoms with Gasteiger partial charge in [0.1, 0.15) is 5.52 Å². The molecule has 0 aliphatic heterocycles. The predicted octanol–water partition coefficient (Wildman–Crippen LogP) is 7.76. The number of hydrogen-bond donors (Lipinski definition) is 1. The lowest BCUT2D eigenvalue weighted by Crippen LogP contribution is -2.48. The minimum atomic E-state index is 0.251. The van der Waals surface area contributed by atoms with Crippen LogP contribution in [0.1, 0.15) is 64.0 Å². The third-order valence-corrected chi connectivity index (χ3v) is 9.79. The Balaban J connectivity index is 1.52. The summed E-state index contributed by atoms with van der Waals surface area (Å²) in [6.45, 7) is 4.40. The molecule has 2 N–H and O–H groups in total. The zero-order valence-electron chi connectivity index (χ0n) is 21.2. The monoisotopic (exact) mass is 474 g/mol.